The molecule has 0 N–H and O–H groups in total. The number of rotatable bonds is 2. The van der Waals surface area contributed by atoms with Crippen molar-refractivity contribution in [3.63, 3.8) is 0 Å². The smallest absolute Gasteiger partial charge is 0.199 e. The van der Waals surface area contributed by atoms with Gasteiger partial charge in [0.25, 0.3) is 0 Å². The van der Waals surface area contributed by atoms with E-state index in [1.54, 1.807) is 0 Å². The molecule has 0 rings (SSSR count). The number of carbonyl (C=O) groups is 1. The van der Waals surface area contributed by atoms with Crippen molar-refractivity contribution in [1.29, 1.82) is 0 Å². The lowest BCUT2D eigenvalue weighted by Crippen LogP contribution is -2.35. The number of carbonyl (C=O) groups excluding carboxylic acids is 1. The van der Waals surface area contributed by atoms with Gasteiger partial charge in [0.2, 0.25) is 0 Å². The molecule has 0 saturated carbocycles. The second-order valence-corrected chi connectivity index (χ2v) is 5.59. The van der Waals surface area contributed by atoms with Gasteiger partial charge in [-0.15, -0.1) is 0 Å². The van der Waals surface area contributed by atoms with Crippen LogP contribution in [0.2, 0.25) is 0 Å². The Hall–Kier alpha value is -0.0900. The van der Waals surface area contributed by atoms with Crippen molar-refractivity contribution in [3.05, 3.63) is 0 Å². The number of ketones is 1. The Labute approximate surface area is 65.3 Å². The highest BCUT2D eigenvalue weighted by molar-refractivity contribution is 7.94. The summed E-state index contributed by atoms with van der Waals surface area (Å²) in [6.45, 7) is 2.32. The lowest BCUT2D eigenvalue weighted by Gasteiger charge is -2.14. The van der Waals surface area contributed by atoms with Crippen LogP contribution in [0.5, 0.6) is 0 Å². The normalized spacial score (nSPS) is 18.0. The monoisotopic (exact) mass is 184 g/mol. The van der Waals surface area contributed by atoms with Crippen molar-refractivity contribution in [3.8, 4) is 0 Å². The third kappa shape index (κ3) is 1.70. The molecule has 0 bridgehead atoms. The molecule has 3 nitrogen and oxygen atoms in total. The Morgan fingerprint density at radius 1 is 1.50 bits per heavy atom. The average Bonchev–Trinajstić information content (AvgIpc) is 1.62. The summed E-state index contributed by atoms with van der Waals surface area (Å²) >= 11 is 5.41. The van der Waals surface area contributed by atoms with Crippen molar-refractivity contribution >= 4 is 27.2 Å². The van der Waals surface area contributed by atoms with Gasteiger partial charge >= 0.3 is 0 Å². The molecule has 0 spiro atoms. The van der Waals surface area contributed by atoms with E-state index < -0.39 is 19.8 Å². The average molecular weight is 185 g/mol. The number of alkyl halides is 1. The molecule has 0 aromatic carbocycles. The first-order chi connectivity index (χ1) is 4.19. The number of halogens is 1. The third-order valence-corrected chi connectivity index (χ3v) is 4.11. The van der Waals surface area contributed by atoms with E-state index in [-0.39, 0.29) is 0 Å². The van der Waals surface area contributed by atoms with Gasteiger partial charge in [-0.3, -0.25) is 4.79 Å². The first-order valence-corrected chi connectivity index (χ1v) is 4.86. The van der Waals surface area contributed by atoms with Crippen molar-refractivity contribution < 1.29 is 13.2 Å². The molecule has 60 valence electrons. The minimum absolute atomic E-state index is 0.559. The molecule has 0 radical (unpaired) electrons. The molecule has 10 heavy (non-hydrogen) atoms. The summed E-state index contributed by atoms with van der Waals surface area (Å²) in [5.74, 6) is -0.559. The van der Waals surface area contributed by atoms with E-state index in [0.717, 1.165) is 13.2 Å². The zero-order valence-corrected chi connectivity index (χ0v) is 7.58. The molecule has 0 aliphatic carbocycles. The first-order valence-electron chi connectivity index (χ1n) is 2.59. The van der Waals surface area contributed by atoms with Gasteiger partial charge in [0.05, 0.1) is 0 Å². The lowest BCUT2D eigenvalue weighted by atomic mass is 10.3. The van der Waals surface area contributed by atoms with Gasteiger partial charge in [0.1, 0.15) is 0 Å². The fraction of sp³-hybridized carbons (Fsp3) is 0.800. The third-order valence-electron chi connectivity index (χ3n) is 1.33. The maximum absolute atomic E-state index is 10.7. The van der Waals surface area contributed by atoms with E-state index in [1.165, 1.54) is 6.92 Å². The van der Waals surface area contributed by atoms with Crippen LogP contribution in [0.25, 0.3) is 0 Å². The molecule has 0 fully saturated rings. The van der Waals surface area contributed by atoms with Crippen LogP contribution in [-0.2, 0) is 14.6 Å². The molecular formula is C5H9ClO3S. The SMILES string of the molecule is CC(=O)[C@](C)(Cl)S(C)(=O)=O. The molecule has 0 aliphatic rings. The minimum Gasteiger partial charge on any atom is -0.297 e. The standard InChI is InChI=1S/C5H9ClO3S/c1-4(7)5(2,6)10(3,8)9/h1-3H3/t5-/m1/s1. The molecule has 0 heterocycles. The summed E-state index contributed by atoms with van der Waals surface area (Å²) in [6.07, 6.45) is 0.932. The van der Waals surface area contributed by atoms with Gasteiger partial charge in [-0.25, -0.2) is 8.42 Å². The largest absolute Gasteiger partial charge is 0.297 e. The van der Waals surface area contributed by atoms with Gasteiger partial charge in [-0.05, 0) is 13.8 Å². The van der Waals surface area contributed by atoms with Gasteiger partial charge in [0, 0.05) is 6.26 Å². The van der Waals surface area contributed by atoms with Crippen molar-refractivity contribution in [1.82, 2.24) is 0 Å². The fourth-order valence-corrected chi connectivity index (χ4v) is 0.783. The number of Topliss-reactive ketones (excluding diaryl/α,β-unsaturated/α-hetero) is 1. The molecule has 0 aliphatic heterocycles. The predicted octanol–water partition coefficient (Wildman–Crippen LogP) is 0.575. The second-order valence-electron chi connectivity index (χ2n) is 2.25. The Kier molecular flexibility index (Phi) is 2.49. The molecule has 0 saturated heterocycles. The van der Waals surface area contributed by atoms with E-state index in [4.69, 9.17) is 11.6 Å². The van der Waals surface area contributed by atoms with Crippen LogP contribution in [0.1, 0.15) is 13.8 Å². The topological polar surface area (TPSA) is 51.2 Å². The van der Waals surface area contributed by atoms with Crippen molar-refractivity contribution in [2.75, 3.05) is 6.26 Å². The van der Waals surface area contributed by atoms with Crippen LogP contribution < -0.4 is 0 Å². The van der Waals surface area contributed by atoms with Gasteiger partial charge in [-0.2, -0.15) is 0 Å². The Morgan fingerprint density at radius 2 is 1.80 bits per heavy atom. The predicted molar refractivity (Wildman–Crippen MR) is 39.8 cm³/mol. The van der Waals surface area contributed by atoms with Gasteiger partial charge in [-0.1, -0.05) is 11.6 Å². The van der Waals surface area contributed by atoms with Crippen LogP contribution in [0, 0.1) is 0 Å². The van der Waals surface area contributed by atoms with Crippen LogP contribution in [0.15, 0.2) is 0 Å². The maximum Gasteiger partial charge on any atom is 0.199 e. The van der Waals surface area contributed by atoms with E-state index >= 15 is 0 Å². The van der Waals surface area contributed by atoms with E-state index in [0.29, 0.717) is 0 Å². The van der Waals surface area contributed by atoms with E-state index in [1.807, 2.05) is 0 Å². The highest BCUT2D eigenvalue weighted by atomic mass is 35.5. The second kappa shape index (κ2) is 2.51. The van der Waals surface area contributed by atoms with Crippen molar-refractivity contribution in [2.24, 2.45) is 0 Å². The molecular weight excluding hydrogens is 176 g/mol. The van der Waals surface area contributed by atoms with Gasteiger partial charge < -0.3 is 0 Å². The Bertz CT molecular complexity index is 240. The summed E-state index contributed by atoms with van der Waals surface area (Å²) in [5.41, 5.74) is 0. The highest BCUT2D eigenvalue weighted by Crippen LogP contribution is 2.21. The first kappa shape index (κ1) is 9.91. The van der Waals surface area contributed by atoms with E-state index in [2.05, 4.69) is 0 Å². The van der Waals surface area contributed by atoms with Gasteiger partial charge in [0.15, 0.2) is 19.8 Å². The summed E-state index contributed by atoms with van der Waals surface area (Å²) in [7, 11) is -3.49. The maximum atomic E-state index is 10.7. The zero-order valence-electron chi connectivity index (χ0n) is 6.01. The van der Waals surface area contributed by atoms with E-state index in [9.17, 15) is 13.2 Å². The molecule has 0 amide bonds. The number of sulfone groups is 1. The molecule has 5 heteroatoms. The van der Waals surface area contributed by atoms with Crippen LogP contribution in [-0.4, -0.2) is 24.7 Å². The molecule has 0 aromatic rings. The quantitative estimate of drug-likeness (QED) is 0.590. The minimum atomic E-state index is -3.49. The van der Waals surface area contributed by atoms with Crippen LogP contribution in [0.3, 0.4) is 0 Å². The summed E-state index contributed by atoms with van der Waals surface area (Å²) in [4.78, 5) is 10.6. The molecule has 1 atom stereocenters. The Morgan fingerprint density at radius 3 is 1.80 bits per heavy atom. The number of hydrogen-bond acceptors (Lipinski definition) is 3. The molecule has 0 unspecified atom stereocenters. The van der Waals surface area contributed by atoms with Crippen LogP contribution in [0.4, 0.5) is 0 Å². The summed E-state index contributed by atoms with van der Waals surface area (Å²) in [6, 6.07) is 0. The highest BCUT2D eigenvalue weighted by Gasteiger charge is 2.38. The molecule has 0 aromatic heterocycles. The van der Waals surface area contributed by atoms with Crippen molar-refractivity contribution in [2.45, 2.75) is 18.1 Å². The lowest BCUT2D eigenvalue weighted by molar-refractivity contribution is -0.117. The zero-order chi connectivity index (χ0) is 8.58. The summed E-state index contributed by atoms with van der Waals surface area (Å²) < 4.78 is 19.7. The van der Waals surface area contributed by atoms with Crippen LogP contribution >= 0.6 is 11.6 Å². The number of hydrogen-bond donors (Lipinski definition) is 0. The Balaban J connectivity index is 4.95. The fourth-order valence-electron chi connectivity index (χ4n) is 0.261. The summed E-state index contributed by atoms with van der Waals surface area (Å²) in [5, 5.41) is 0.